The summed E-state index contributed by atoms with van der Waals surface area (Å²) in [6.45, 7) is 1.80. The molecule has 1 rings (SSSR count). The van der Waals surface area contributed by atoms with Gasteiger partial charge in [-0.3, -0.25) is 0 Å². The number of rotatable bonds is 2. The van der Waals surface area contributed by atoms with Gasteiger partial charge in [-0.05, 0) is 41.1 Å². The van der Waals surface area contributed by atoms with E-state index in [1.807, 2.05) is 22.6 Å². The second kappa shape index (κ2) is 4.63. The molecule has 5 heteroatoms. The molecule has 72 valence electrons. The molecule has 1 heterocycles. The van der Waals surface area contributed by atoms with E-state index in [1.165, 1.54) is 0 Å². The normalized spacial score (nSPS) is 10.9. The zero-order chi connectivity index (χ0) is 10.0. The molecule has 0 amide bonds. The molecule has 0 radical (unpaired) electrons. The van der Waals surface area contributed by atoms with Crippen LogP contribution in [0.25, 0.3) is 0 Å². The van der Waals surface area contributed by atoms with Gasteiger partial charge in [-0.1, -0.05) is 15.9 Å². The minimum Gasteiger partial charge on any atom is -0.247 e. The van der Waals surface area contributed by atoms with Crippen LogP contribution in [0.5, 0.6) is 0 Å². The highest BCUT2D eigenvalue weighted by molar-refractivity contribution is 14.1. The van der Waals surface area contributed by atoms with Crippen LogP contribution < -0.4 is 0 Å². The zero-order valence-electron chi connectivity index (χ0n) is 6.82. The number of hydrogen-bond donors (Lipinski definition) is 0. The quantitative estimate of drug-likeness (QED) is 0.443. The smallest absolute Gasteiger partial charge is 0.247 e. The first kappa shape index (κ1) is 11.3. The van der Waals surface area contributed by atoms with E-state index < -0.39 is 6.43 Å². The van der Waals surface area contributed by atoms with Gasteiger partial charge < -0.3 is 0 Å². The topological polar surface area (TPSA) is 12.9 Å². The fourth-order valence-corrected chi connectivity index (χ4v) is 2.48. The molecule has 0 bridgehead atoms. The van der Waals surface area contributed by atoms with Crippen molar-refractivity contribution in [2.75, 3.05) is 0 Å². The van der Waals surface area contributed by atoms with Crippen molar-refractivity contribution in [3.8, 4) is 0 Å². The molecule has 0 saturated heterocycles. The Hall–Kier alpha value is 0.220. The lowest BCUT2D eigenvalue weighted by Crippen LogP contribution is -2.00. The number of pyridine rings is 1. The zero-order valence-corrected chi connectivity index (χ0v) is 10.6. The van der Waals surface area contributed by atoms with E-state index in [0.717, 1.165) is 5.69 Å². The summed E-state index contributed by atoms with van der Waals surface area (Å²) in [5.41, 5.74) is 1.43. The Morgan fingerprint density at radius 2 is 2.23 bits per heavy atom. The Morgan fingerprint density at radius 1 is 1.62 bits per heavy atom. The first-order chi connectivity index (χ1) is 6.06. The lowest BCUT2D eigenvalue weighted by Gasteiger charge is -2.08. The van der Waals surface area contributed by atoms with Crippen LogP contribution in [-0.4, -0.2) is 4.98 Å². The highest BCUT2D eigenvalue weighted by atomic mass is 127. The summed E-state index contributed by atoms with van der Waals surface area (Å²) in [7, 11) is 0. The molecule has 13 heavy (non-hydrogen) atoms. The largest absolute Gasteiger partial charge is 0.266 e. The van der Waals surface area contributed by atoms with Crippen molar-refractivity contribution >= 4 is 38.5 Å². The van der Waals surface area contributed by atoms with Crippen LogP contribution in [0.3, 0.4) is 0 Å². The Bertz CT molecular complexity index is 317. The van der Waals surface area contributed by atoms with E-state index in [9.17, 15) is 8.78 Å². The predicted molar refractivity (Wildman–Crippen MR) is 59.3 cm³/mol. The maximum Gasteiger partial charge on any atom is 0.266 e. The summed E-state index contributed by atoms with van der Waals surface area (Å²) in [5.74, 6) is 0. The van der Waals surface area contributed by atoms with E-state index >= 15 is 0 Å². The molecule has 0 N–H and O–H groups in total. The fourth-order valence-electron chi connectivity index (χ4n) is 1.05. The molecule has 0 aliphatic heterocycles. The van der Waals surface area contributed by atoms with Crippen molar-refractivity contribution in [3.63, 3.8) is 0 Å². The van der Waals surface area contributed by atoms with E-state index in [1.54, 1.807) is 13.0 Å². The van der Waals surface area contributed by atoms with Gasteiger partial charge in [0.1, 0.15) is 3.70 Å². The molecule has 1 aromatic heterocycles. The fraction of sp³-hybridized carbons (Fsp3) is 0.375. The van der Waals surface area contributed by atoms with Crippen LogP contribution in [0.4, 0.5) is 8.78 Å². The van der Waals surface area contributed by atoms with Gasteiger partial charge in [0.25, 0.3) is 6.43 Å². The second-order valence-corrected chi connectivity index (χ2v) is 4.14. The minimum atomic E-state index is -2.45. The van der Waals surface area contributed by atoms with Gasteiger partial charge in [-0.2, -0.15) is 0 Å². The summed E-state index contributed by atoms with van der Waals surface area (Å²) in [6.07, 6.45) is -2.45. The molecular weight excluding hydrogens is 355 g/mol. The second-order valence-electron chi connectivity index (χ2n) is 2.56. The molecule has 0 fully saturated rings. The summed E-state index contributed by atoms with van der Waals surface area (Å²) < 4.78 is 25.5. The molecule has 0 aliphatic carbocycles. The van der Waals surface area contributed by atoms with Crippen molar-refractivity contribution in [2.24, 2.45) is 0 Å². The monoisotopic (exact) mass is 361 g/mol. The van der Waals surface area contributed by atoms with Crippen molar-refractivity contribution in [3.05, 3.63) is 26.6 Å². The van der Waals surface area contributed by atoms with Crippen LogP contribution in [-0.2, 0) is 5.33 Å². The molecule has 0 saturated carbocycles. The van der Waals surface area contributed by atoms with E-state index in [-0.39, 0.29) is 5.56 Å². The Labute approximate surface area is 97.2 Å². The average Bonchev–Trinajstić information content (AvgIpc) is 2.01. The summed E-state index contributed by atoms with van der Waals surface area (Å²) >= 11 is 5.02. The van der Waals surface area contributed by atoms with Crippen molar-refractivity contribution in [2.45, 2.75) is 18.7 Å². The highest BCUT2D eigenvalue weighted by Crippen LogP contribution is 2.28. The van der Waals surface area contributed by atoms with Crippen LogP contribution in [0, 0.1) is 10.6 Å². The number of nitrogens with zero attached hydrogens (tertiary/aromatic N) is 1. The third-order valence-electron chi connectivity index (χ3n) is 1.59. The highest BCUT2D eigenvalue weighted by Gasteiger charge is 2.17. The molecule has 0 unspecified atom stereocenters. The van der Waals surface area contributed by atoms with Gasteiger partial charge in [0.05, 0.1) is 5.56 Å². The summed E-state index contributed by atoms with van der Waals surface area (Å²) in [6, 6.07) is 1.68. The number of hydrogen-bond acceptors (Lipinski definition) is 1. The molecule has 0 atom stereocenters. The predicted octanol–water partition coefficient (Wildman–Crippen LogP) is 3.83. The number of alkyl halides is 3. The third kappa shape index (κ3) is 2.59. The molecule has 0 aliphatic rings. The minimum absolute atomic E-state index is 0.0445. The average molecular weight is 362 g/mol. The molecule has 1 nitrogen and oxygen atoms in total. The first-order valence-electron chi connectivity index (χ1n) is 3.56. The Kier molecular flexibility index (Phi) is 4.03. The molecule has 1 aromatic rings. The van der Waals surface area contributed by atoms with Gasteiger partial charge in [0.15, 0.2) is 0 Å². The van der Waals surface area contributed by atoms with Gasteiger partial charge >= 0.3 is 0 Å². The van der Waals surface area contributed by atoms with Gasteiger partial charge in [0.2, 0.25) is 0 Å². The van der Waals surface area contributed by atoms with E-state index in [0.29, 0.717) is 14.6 Å². The van der Waals surface area contributed by atoms with Crippen LogP contribution >= 0.6 is 38.5 Å². The summed E-state index contributed by atoms with van der Waals surface area (Å²) in [5, 5.41) is 0.437. The Balaban J connectivity index is 3.30. The first-order valence-corrected chi connectivity index (χ1v) is 5.76. The van der Waals surface area contributed by atoms with Crippen LogP contribution in [0.2, 0.25) is 0 Å². The van der Waals surface area contributed by atoms with Gasteiger partial charge in [0, 0.05) is 11.0 Å². The third-order valence-corrected chi connectivity index (χ3v) is 3.01. The van der Waals surface area contributed by atoms with E-state index in [4.69, 9.17) is 0 Å². The summed E-state index contributed by atoms with van der Waals surface area (Å²) in [4.78, 5) is 3.99. The number of aryl methyl sites for hydroxylation is 1. The number of halogens is 4. The Morgan fingerprint density at radius 3 is 2.69 bits per heavy atom. The maximum absolute atomic E-state index is 12.5. The SMILES string of the molecule is Cc1cc(CBr)c(C(F)F)c(I)n1. The van der Waals surface area contributed by atoms with Crippen LogP contribution in [0.1, 0.15) is 23.2 Å². The van der Waals surface area contributed by atoms with Gasteiger partial charge in [-0.25, -0.2) is 13.8 Å². The lowest BCUT2D eigenvalue weighted by atomic mass is 10.1. The lowest BCUT2D eigenvalue weighted by molar-refractivity contribution is 0.149. The van der Waals surface area contributed by atoms with Gasteiger partial charge in [-0.15, -0.1) is 0 Å². The van der Waals surface area contributed by atoms with Crippen molar-refractivity contribution in [1.82, 2.24) is 4.98 Å². The molecular formula is C8H7BrF2IN. The van der Waals surface area contributed by atoms with Crippen molar-refractivity contribution < 1.29 is 8.78 Å². The standard InChI is InChI=1S/C8H7BrF2IN/c1-4-2-5(3-9)6(7(10)11)8(12)13-4/h2,7H,3H2,1H3. The maximum atomic E-state index is 12.5. The van der Waals surface area contributed by atoms with Crippen LogP contribution in [0.15, 0.2) is 6.07 Å². The molecule has 0 aromatic carbocycles. The number of aromatic nitrogens is 1. The van der Waals surface area contributed by atoms with E-state index in [2.05, 4.69) is 20.9 Å². The molecule has 0 spiro atoms. The van der Waals surface area contributed by atoms with Crippen molar-refractivity contribution in [1.29, 1.82) is 0 Å².